The SMILES string of the molecule is O.O.O.O.O.O.O.O.O.O.O.O.O=C([O-])[C@H]([O-])[C@@H]([O-])C(=O)[O-].O=C([O-])[C@H]([O-])[C@@H]([O-])C(=O)[O-].[Pt+2].[Pt+2].[Pt+2].[Pt+2].c1ccc(-c2ccccn2)nc1.c1ccc(-c2ccccn2)nc1.c1ccc(-c2ccccn2)nc1.c1ccc(-c2ccccn2)nc1. The van der Waals surface area contributed by atoms with E-state index in [0.717, 1.165) is 45.6 Å². The molecule has 32 nitrogen and oxygen atoms in total. The third-order valence-electron chi connectivity index (χ3n) is 7.85. The number of pyridine rings is 8. The molecule has 0 aliphatic rings. The number of aromatic nitrogens is 8. The maximum atomic E-state index is 9.97. The van der Waals surface area contributed by atoms with Crippen LogP contribution in [0.15, 0.2) is 195 Å². The summed E-state index contributed by atoms with van der Waals surface area (Å²) >= 11 is 0. The maximum Gasteiger partial charge on any atom is 2.00 e. The number of hydrogen-bond acceptors (Lipinski definition) is 20. The van der Waals surface area contributed by atoms with Gasteiger partial charge < -0.3 is 126 Å². The van der Waals surface area contributed by atoms with Gasteiger partial charge in [0.05, 0.1) is 45.6 Å². The van der Waals surface area contributed by atoms with Gasteiger partial charge in [0.15, 0.2) is 0 Å². The summed E-state index contributed by atoms with van der Waals surface area (Å²) in [7, 11) is 0. The third kappa shape index (κ3) is 43.8. The van der Waals surface area contributed by atoms with Gasteiger partial charge in [0, 0.05) is 73.5 Å². The quantitative estimate of drug-likeness (QED) is 0.123. The smallest absolute Gasteiger partial charge is 0.848 e. The van der Waals surface area contributed by atoms with Gasteiger partial charge in [-0.05, 0) is 97.1 Å². The largest absolute Gasteiger partial charge is 2.00 e. The van der Waals surface area contributed by atoms with Gasteiger partial charge in [-0.1, -0.05) is 72.9 Å². The minimum Gasteiger partial charge on any atom is -0.848 e. The topological polar surface area (TPSA) is 734 Å². The molecule has 0 saturated heterocycles. The summed E-state index contributed by atoms with van der Waals surface area (Å²) in [6, 6.07) is 46.4. The summed E-state index contributed by atoms with van der Waals surface area (Å²) in [6.07, 6.45) is 2.94. The second-order valence-corrected chi connectivity index (χ2v) is 12.7. The second-order valence-electron chi connectivity index (χ2n) is 12.7. The molecule has 476 valence electrons. The number of carbonyl (C=O) groups excluding carboxylic acids is 4. The van der Waals surface area contributed by atoms with Gasteiger partial charge in [0.25, 0.3) is 0 Å². The van der Waals surface area contributed by atoms with E-state index < -0.39 is 48.3 Å². The zero-order valence-electron chi connectivity index (χ0n) is 42.5. The molecule has 0 aliphatic heterocycles. The van der Waals surface area contributed by atoms with Crippen LogP contribution in [0.5, 0.6) is 0 Å². The summed E-state index contributed by atoms with van der Waals surface area (Å²) in [5.41, 5.74) is 7.32. The molecule has 0 fully saturated rings. The molecule has 0 radical (unpaired) electrons. The standard InChI is InChI=1S/4C10H8N2.2C4H4O6.12H2O.4Pt/c4*1-3-7-11-9(5-1)10-6-2-4-8-12-10;2*5-1(3(7)8)2(6)4(9)10;;;;;;;;;;;;;;;;/h4*1-8H;2*1-2H,(H,7,8)(H,9,10);12*1H2;;;;/q;;;;2*-2;;;;;;;;;;;;;4*+2/p-4/t;;;;2*1-,2-;;;;;;;;;;;;;;;;/m....11................/s1. The van der Waals surface area contributed by atoms with E-state index in [0.29, 0.717) is 0 Å². The predicted octanol–water partition coefficient (Wildman–Crippen LogP) is -13.4. The van der Waals surface area contributed by atoms with E-state index in [2.05, 4.69) is 39.9 Å². The first-order valence-electron chi connectivity index (χ1n) is 19.6. The van der Waals surface area contributed by atoms with Gasteiger partial charge in [0.1, 0.15) is 0 Å². The summed E-state index contributed by atoms with van der Waals surface area (Å²) in [5.74, 6) is -8.93. The summed E-state index contributed by atoms with van der Waals surface area (Å²) in [6.45, 7) is 0. The van der Waals surface area contributed by atoms with Crippen molar-refractivity contribution in [3.63, 3.8) is 0 Å². The Kier molecular flexibility index (Phi) is 87.3. The van der Waals surface area contributed by atoms with Gasteiger partial charge in [-0.15, -0.1) is 0 Å². The van der Waals surface area contributed by atoms with E-state index >= 15 is 0 Å². The Bertz CT molecular complexity index is 2160. The van der Waals surface area contributed by atoms with Gasteiger partial charge in [-0.2, -0.15) is 0 Å². The first kappa shape index (κ1) is 112. The Balaban J connectivity index is -0.0000000563. The van der Waals surface area contributed by atoms with Crippen molar-refractivity contribution in [1.82, 2.24) is 39.9 Å². The Morgan fingerprint density at radius 3 is 0.381 bits per heavy atom. The van der Waals surface area contributed by atoms with Crippen LogP contribution in [0.3, 0.4) is 0 Å². The Labute approximate surface area is 535 Å². The molecule has 0 unspecified atom stereocenters. The maximum absolute atomic E-state index is 9.97. The van der Waals surface area contributed by atoms with Crippen LogP contribution >= 0.6 is 0 Å². The van der Waals surface area contributed by atoms with E-state index in [4.69, 9.17) is 0 Å². The van der Waals surface area contributed by atoms with E-state index in [9.17, 15) is 60.0 Å². The minimum absolute atomic E-state index is 0. The average Bonchev–Trinajstić information content (AvgIpc) is 3.40. The molecule has 0 amide bonds. The minimum atomic E-state index is -2.80. The van der Waals surface area contributed by atoms with Crippen LogP contribution in [-0.2, 0) is 103 Å². The molecule has 36 heteroatoms. The molecule has 84 heavy (non-hydrogen) atoms. The number of carboxylic acid groups (broad SMARTS) is 4. The normalized spacial score (nSPS) is 9.29. The van der Waals surface area contributed by atoms with Crippen LogP contribution in [0.2, 0.25) is 0 Å². The molecule has 0 bridgehead atoms. The van der Waals surface area contributed by atoms with Crippen LogP contribution in [0.25, 0.3) is 45.6 Å². The van der Waals surface area contributed by atoms with Crippen LogP contribution in [0, 0.1) is 0 Å². The zero-order valence-corrected chi connectivity index (χ0v) is 51.6. The molecular formula is C48H60N8O24Pt4. The molecule has 0 spiro atoms. The molecular weight excluding hydrogens is 1850 g/mol. The van der Waals surface area contributed by atoms with Crippen molar-refractivity contribution in [2.45, 2.75) is 24.4 Å². The molecule has 8 aromatic heterocycles. The van der Waals surface area contributed by atoms with Crippen LogP contribution in [-0.4, -0.2) is 154 Å². The van der Waals surface area contributed by atoms with Gasteiger partial charge in [0.2, 0.25) is 0 Å². The summed E-state index contributed by atoms with van der Waals surface area (Å²) < 4.78 is 0. The average molecular weight is 1910 g/mol. The fourth-order valence-electron chi connectivity index (χ4n) is 4.61. The zero-order chi connectivity index (χ0) is 49.5. The molecule has 0 saturated carbocycles. The third-order valence-corrected chi connectivity index (χ3v) is 7.85. The van der Waals surface area contributed by atoms with Crippen molar-refractivity contribution in [2.75, 3.05) is 0 Å². The van der Waals surface area contributed by atoms with Gasteiger partial charge in [-0.25, -0.2) is 0 Å². The first-order chi connectivity index (χ1) is 32.8. The van der Waals surface area contributed by atoms with Crippen LogP contribution < -0.4 is 40.9 Å². The molecule has 8 rings (SSSR count). The Morgan fingerprint density at radius 2 is 0.321 bits per heavy atom. The number of carbonyl (C=O) groups is 4. The molecule has 24 N–H and O–H groups in total. The number of carboxylic acids is 4. The molecule has 0 aromatic carbocycles. The number of aliphatic carboxylic acids is 4. The second kappa shape index (κ2) is 65.3. The number of rotatable bonds is 10. The van der Waals surface area contributed by atoms with Crippen molar-refractivity contribution in [1.29, 1.82) is 0 Å². The Hall–Kier alpha value is -6.81. The van der Waals surface area contributed by atoms with E-state index in [-0.39, 0.29) is 150 Å². The van der Waals surface area contributed by atoms with E-state index in [1.165, 1.54) is 0 Å². The van der Waals surface area contributed by atoms with E-state index in [1.54, 1.807) is 49.6 Å². The van der Waals surface area contributed by atoms with Gasteiger partial charge >= 0.3 is 84.3 Å². The van der Waals surface area contributed by atoms with Crippen molar-refractivity contribution in [2.24, 2.45) is 0 Å². The monoisotopic (exact) mass is 1910 g/mol. The van der Waals surface area contributed by atoms with Crippen LogP contribution in [0.4, 0.5) is 0 Å². The van der Waals surface area contributed by atoms with Crippen LogP contribution in [0.1, 0.15) is 0 Å². The van der Waals surface area contributed by atoms with Crippen molar-refractivity contribution in [3.05, 3.63) is 195 Å². The van der Waals surface area contributed by atoms with E-state index in [1.807, 2.05) is 146 Å². The van der Waals surface area contributed by atoms with Crippen molar-refractivity contribution in [3.8, 4) is 45.6 Å². The summed E-state index contributed by atoms with van der Waals surface area (Å²) in [5, 5.41) is 78.0. The summed E-state index contributed by atoms with van der Waals surface area (Å²) in [4.78, 5) is 71.6. The number of hydrogen-bond donors (Lipinski definition) is 0. The first-order valence-corrected chi connectivity index (χ1v) is 19.6. The molecule has 0 aliphatic carbocycles. The fraction of sp³-hybridized carbons (Fsp3) is 0.0833. The number of nitrogens with zero attached hydrogens (tertiary/aromatic N) is 8. The van der Waals surface area contributed by atoms with Crippen molar-refractivity contribution >= 4 is 23.9 Å². The molecule has 4 atom stereocenters. The molecule has 8 heterocycles. The Morgan fingerprint density at radius 1 is 0.226 bits per heavy atom. The molecule has 8 aromatic rings. The van der Waals surface area contributed by atoms with Crippen molar-refractivity contribution < 1.29 is 210 Å². The predicted molar refractivity (Wildman–Crippen MR) is 268 cm³/mol. The fourth-order valence-corrected chi connectivity index (χ4v) is 4.61. The van der Waals surface area contributed by atoms with Gasteiger partial charge in [-0.3, -0.25) is 39.9 Å².